The number of aromatic nitrogens is 3. The fraction of sp³-hybridized carbons (Fsp3) is 0.250. The van der Waals surface area contributed by atoms with Crippen molar-refractivity contribution in [3.8, 4) is 0 Å². The normalized spacial score (nSPS) is 12.8. The van der Waals surface area contributed by atoms with Gasteiger partial charge >= 0.3 is 0 Å². The molecule has 3 rings (SSSR count). The standard InChI is InChI=1S/C16H15ClFN3/c1-10-6-7-19-16-15(10)20-14(9-17)21(16)11(2)12-4-3-5-13(18)8-12/h3-8,11H,9H2,1-2H3. The lowest BCUT2D eigenvalue weighted by Crippen LogP contribution is -2.10. The first-order valence-electron chi connectivity index (χ1n) is 6.75. The van der Waals surface area contributed by atoms with Crippen LogP contribution in [0.2, 0.25) is 0 Å². The molecule has 1 atom stereocenters. The molecule has 0 bridgehead atoms. The van der Waals surface area contributed by atoms with Crippen LogP contribution in [0.4, 0.5) is 4.39 Å². The van der Waals surface area contributed by atoms with Crippen LogP contribution >= 0.6 is 11.6 Å². The summed E-state index contributed by atoms with van der Waals surface area (Å²) in [6.07, 6.45) is 1.76. The minimum Gasteiger partial charge on any atom is -0.304 e. The van der Waals surface area contributed by atoms with Crippen molar-refractivity contribution in [1.82, 2.24) is 14.5 Å². The van der Waals surface area contributed by atoms with Gasteiger partial charge in [0.1, 0.15) is 17.2 Å². The summed E-state index contributed by atoms with van der Waals surface area (Å²) < 4.78 is 15.4. The predicted octanol–water partition coefficient (Wildman–Crippen LogP) is 4.23. The van der Waals surface area contributed by atoms with Gasteiger partial charge in [0, 0.05) is 6.20 Å². The molecule has 5 heteroatoms. The molecule has 21 heavy (non-hydrogen) atoms. The average molecular weight is 304 g/mol. The van der Waals surface area contributed by atoms with Crippen molar-refractivity contribution in [1.29, 1.82) is 0 Å². The summed E-state index contributed by atoms with van der Waals surface area (Å²) in [5.41, 5.74) is 3.54. The molecule has 2 heterocycles. The molecular formula is C16H15ClFN3. The van der Waals surface area contributed by atoms with Crippen molar-refractivity contribution in [3.05, 3.63) is 59.3 Å². The van der Waals surface area contributed by atoms with E-state index in [-0.39, 0.29) is 17.7 Å². The fourth-order valence-electron chi connectivity index (χ4n) is 2.57. The molecule has 108 valence electrons. The Labute approximate surface area is 127 Å². The maximum absolute atomic E-state index is 13.5. The minimum atomic E-state index is -0.250. The van der Waals surface area contributed by atoms with E-state index in [0.29, 0.717) is 0 Å². The van der Waals surface area contributed by atoms with Gasteiger partial charge in [-0.25, -0.2) is 14.4 Å². The zero-order valence-corrected chi connectivity index (χ0v) is 12.6. The second kappa shape index (κ2) is 5.45. The molecule has 3 nitrogen and oxygen atoms in total. The van der Waals surface area contributed by atoms with E-state index in [1.807, 2.05) is 30.5 Å². The molecule has 0 N–H and O–H groups in total. The highest BCUT2D eigenvalue weighted by molar-refractivity contribution is 6.16. The molecule has 0 aliphatic rings. The number of benzene rings is 1. The number of aryl methyl sites for hydroxylation is 1. The highest BCUT2D eigenvalue weighted by Gasteiger charge is 2.18. The summed E-state index contributed by atoms with van der Waals surface area (Å²) in [6, 6.07) is 8.41. The highest BCUT2D eigenvalue weighted by atomic mass is 35.5. The van der Waals surface area contributed by atoms with E-state index >= 15 is 0 Å². The third-order valence-electron chi connectivity index (χ3n) is 3.69. The summed E-state index contributed by atoms with van der Waals surface area (Å²) in [6.45, 7) is 3.99. The molecule has 0 spiro atoms. The number of alkyl halides is 1. The smallest absolute Gasteiger partial charge is 0.160 e. The van der Waals surface area contributed by atoms with Crippen molar-refractivity contribution in [2.24, 2.45) is 0 Å². The van der Waals surface area contributed by atoms with E-state index in [9.17, 15) is 4.39 Å². The number of hydrogen-bond acceptors (Lipinski definition) is 2. The summed E-state index contributed by atoms with van der Waals surface area (Å²) in [4.78, 5) is 9.00. The lowest BCUT2D eigenvalue weighted by Gasteiger charge is -2.17. The van der Waals surface area contributed by atoms with Gasteiger partial charge in [0.15, 0.2) is 5.65 Å². The molecule has 0 aliphatic heterocycles. The average Bonchev–Trinajstić information content (AvgIpc) is 2.86. The summed E-state index contributed by atoms with van der Waals surface area (Å²) in [7, 11) is 0. The number of halogens is 2. The van der Waals surface area contributed by atoms with Crippen LogP contribution < -0.4 is 0 Å². The van der Waals surface area contributed by atoms with E-state index < -0.39 is 0 Å². The number of pyridine rings is 1. The van der Waals surface area contributed by atoms with Crippen molar-refractivity contribution >= 4 is 22.8 Å². The molecule has 0 amide bonds. The van der Waals surface area contributed by atoms with Gasteiger partial charge < -0.3 is 4.57 Å². The SMILES string of the molecule is Cc1ccnc2c1nc(CCl)n2C(C)c1cccc(F)c1. The number of hydrogen-bond donors (Lipinski definition) is 0. The van der Waals surface area contributed by atoms with Crippen molar-refractivity contribution in [2.45, 2.75) is 25.8 Å². The van der Waals surface area contributed by atoms with Crippen LogP contribution in [0.25, 0.3) is 11.2 Å². The van der Waals surface area contributed by atoms with Crippen molar-refractivity contribution in [2.75, 3.05) is 0 Å². The molecule has 1 aromatic carbocycles. The van der Waals surface area contributed by atoms with Gasteiger partial charge in [0.2, 0.25) is 0 Å². The molecule has 0 saturated heterocycles. The monoisotopic (exact) mass is 303 g/mol. The van der Waals surface area contributed by atoms with Crippen molar-refractivity contribution in [3.63, 3.8) is 0 Å². The zero-order valence-electron chi connectivity index (χ0n) is 11.8. The van der Waals surface area contributed by atoms with E-state index in [4.69, 9.17) is 11.6 Å². The predicted molar refractivity (Wildman–Crippen MR) is 82.0 cm³/mol. The first kappa shape index (κ1) is 14.0. The zero-order chi connectivity index (χ0) is 15.0. The van der Waals surface area contributed by atoms with Crippen molar-refractivity contribution < 1.29 is 4.39 Å². The Bertz CT molecular complexity index is 797. The third-order valence-corrected chi connectivity index (χ3v) is 3.93. The third kappa shape index (κ3) is 2.40. The molecule has 0 fully saturated rings. The maximum Gasteiger partial charge on any atom is 0.160 e. The Morgan fingerprint density at radius 1 is 1.33 bits per heavy atom. The largest absolute Gasteiger partial charge is 0.304 e. The van der Waals surface area contributed by atoms with Gasteiger partial charge in [-0.1, -0.05) is 12.1 Å². The van der Waals surface area contributed by atoms with E-state index in [1.54, 1.807) is 12.3 Å². The fourth-order valence-corrected chi connectivity index (χ4v) is 2.76. The second-order valence-electron chi connectivity index (χ2n) is 5.06. The summed E-state index contributed by atoms with van der Waals surface area (Å²) in [5, 5.41) is 0. The Kier molecular flexibility index (Phi) is 3.64. The molecule has 0 saturated carbocycles. The van der Waals surface area contributed by atoms with E-state index in [2.05, 4.69) is 9.97 Å². The molecule has 3 aromatic rings. The van der Waals surface area contributed by atoms with E-state index in [1.165, 1.54) is 12.1 Å². The van der Waals surface area contributed by atoms with Crippen LogP contribution in [-0.2, 0) is 5.88 Å². The lowest BCUT2D eigenvalue weighted by atomic mass is 10.1. The first-order chi connectivity index (χ1) is 10.1. The Morgan fingerprint density at radius 2 is 2.14 bits per heavy atom. The Morgan fingerprint density at radius 3 is 2.86 bits per heavy atom. The minimum absolute atomic E-state index is 0.0891. The van der Waals surface area contributed by atoms with Crippen LogP contribution in [0.1, 0.15) is 29.9 Å². The van der Waals surface area contributed by atoms with E-state index in [0.717, 1.165) is 28.1 Å². The summed E-state index contributed by atoms with van der Waals surface area (Å²) >= 11 is 6.03. The van der Waals surface area contributed by atoms with Gasteiger partial charge in [-0.15, -0.1) is 11.6 Å². The number of rotatable bonds is 3. The molecular weight excluding hydrogens is 289 g/mol. The van der Waals surface area contributed by atoms with Gasteiger partial charge in [-0.3, -0.25) is 0 Å². The molecule has 2 aromatic heterocycles. The van der Waals surface area contributed by atoms with Gasteiger partial charge in [0.25, 0.3) is 0 Å². The number of nitrogens with zero attached hydrogens (tertiary/aromatic N) is 3. The van der Waals surface area contributed by atoms with Gasteiger partial charge in [0.05, 0.1) is 11.9 Å². The van der Waals surface area contributed by atoms with Crippen LogP contribution in [0.5, 0.6) is 0 Å². The Balaban J connectivity index is 2.21. The molecule has 0 radical (unpaired) electrons. The molecule has 0 aliphatic carbocycles. The van der Waals surface area contributed by atoms with Gasteiger partial charge in [-0.05, 0) is 43.2 Å². The lowest BCUT2D eigenvalue weighted by molar-refractivity contribution is 0.600. The summed E-state index contributed by atoms with van der Waals surface area (Å²) in [5.74, 6) is 0.778. The first-order valence-corrected chi connectivity index (χ1v) is 7.29. The number of fused-ring (bicyclic) bond motifs is 1. The Hall–Kier alpha value is -1.94. The molecule has 1 unspecified atom stereocenters. The van der Waals surface area contributed by atoms with Crippen LogP contribution in [0, 0.1) is 12.7 Å². The topological polar surface area (TPSA) is 30.7 Å². The highest BCUT2D eigenvalue weighted by Crippen LogP contribution is 2.27. The second-order valence-corrected chi connectivity index (χ2v) is 5.33. The van der Waals surface area contributed by atoms with Crippen LogP contribution in [0.3, 0.4) is 0 Å². The van der Waals surface area contributed by atoms with Crippen LogP contribution in [-0.4, -0.2) is 14.5 Å². The number of imidazole rings is 1. The van der Waals surface area contributed by atoms with Gasteiger partial charge in [-0.2, -0.15) is 0 Å². The quantitative estimate of drug-likeness (QED) is 0.678. The maximum atomic E-state index is 13.5. The van der Waals surface area contributed by atoms with Crippen LogP contribution in [0.15, 0.2) is 36.5 Å².